The van der Waals surface area contributed by atoms with E-state index in [0.29, 0.717) is 0 Å². The second-order valence-electron chi connectivity index (χ2n) is 10.8. The van der Waals surface area contributed by atoms with Crippen molar-refractivity contribution in [3.8, 4) is 11.1 Å². The third kappa shape index (κ3) is 3.86. The van der Waals surface area contributed by atoms with Gasteiger partial charge in [0.25, 0.3) is 0 Å². The Morgan fingerprint density at radius 1 is 0.333 bits per heavy atom. The third-order valence-electron chi connectivity index (χ3n) is 8.53. The van der Waals surface area contributed by atoms with Gasteiger partial charge in [0, 0.05) is 6.04 Å². The van der Waals surface area contributed by atoms with Gasteiger partial charge < -0.3 is 0 Å². The van der Waals surface area contributed by atoms with E-state index in [4.69, 9.17) is 11.8 Å². The van der Waals surface area contributed by atoms with E-state index < -0.39 is 6.04 Å². The Bertz CT molecular complexity index is 2260. The zero-order valence-electron chi connectivity index (χ0n) is 22.9. The van der Waals surface area contributed by atoms with E-state index in [1.54, 1.807) is 0 Å². The Hall–Kier alpha value is -4.55. The van der Waals surface area contributed by atoms with Crippen molar-refractivity contribution < 1.29 is 0 Å². The summed E-state index contributed by atoms with van der Waals surface area (Å²) < 4.78 is 0. The highest BCUT2D eigenvalue weighted by atomic mass is 32.4. The maximum absolute atomic E-state index is 6.61. The van der Waals surface area contributed by atoms with E-state index in [1.807, 2.05) is 0 Å². The summed E-state index contributed by atoms with van der Waals surface area (Å²) in [5.41, 5.74) is 2.45. The molecule has 0 aromatic heterocycles. The van der Waals surface area contributed by atoms with Gasteiger partial charge in [0.05, 0.1) is 0 Å². The molecule has 0 unspecified atom stereocenters. The fraction of sp³-hybridized carbons (Fsp3) is 0. The summed E-state index contributed by atoms with van der Waals surface area (Å²) in [5.74, 6) is 0. The summed E-state index contributed by atoms with van der Waals surface area (Å²) in [6.45, 7) is 0. The van der Waals surface area contributed by atoms with Crippen LogP contribution in [0.4, 0.5) is 0 Å². The molecule has 0 N–H and O–H groups in total. The average molecular weight is 571 g/mol. The molecule has 2 heteroatoms. The van der Waals surface area contributed by atoms with Crippen molar-refractivity contribution in [3.63, 3.8) is 0 Å². The van der Waals surface area contributed by atoms with Crippen LogP contribution >= 0.6 is 6.04 Å². The molecule has 0 amide bonds. The predicted octanol–water partition coefficient (Wildman–Crippen LogP) is 9.72. The molecule has 42 heavy (non-hydrogen) atoms. The molecule has 0 atom stereocenters. The normalized spacial score (nSPS) is 11.9. The van der Waals surface area contributed by atoms with Crippen LogP contribution in [0.5, 0.6) is 0 Å². The number of rotatable bonds is 4. The molecule has 8 aromatic rings. The minimum absolute atomic E-state index is 1.21. The zero-order chi connectivity index (χ0) is 28.1. The van der Waals surface area contributed by atoms with Gasteiger partial charge in [-0.3, -0.25) is 0 Å². The SMILES string of the molecule is S=P(c1ccccc1)(c1ccccc1)c1ccc(-c2cc3c4ccccc4c4ccccc4c3c3ccccc23)cc1. The quantitative estimate of drug-likeness (QED) is 0.150. The van der Waals surface area contributed by atoms with Crippen molar-refractivity contribution >= 4 is 76.8 Å². The number of hydrogen-bond acceptors (Lipinski definition) is 1. The topological polar surface area (TPSA) is 0 Å². The first-order chi connectivity index (χ1) is 20.7. The van der Waals surface area contributed by atoms with Gasteiger partial charge in [-0.05, 0) is 76.2 Å². The molecule has 0 radical (unpaired) electrons. The van der Waals surface area contributed by atoms with Crippen LogP contribution < -0.4 is 15.9 Å². The van der Waals surface area contributed by atoms with Gasteiger partial charge in [-0.25, -0.2) is 0 Å². The number of fused-ring (bicyclic) bond motifs is 8. The van der Waals surface area contributed by atoms with E-state index in [2.05, 4.69) is 164 Å². The van der Waals surface area contributed by atoms with Crippen LogP contribution in [0.15, 0.2) is 164 Å². The Balaban J connectivity index is 1.38. The summed E-state index contributed by atoms with van der Waals surface area (Å²) in [5, 5.41) is 14.0. The summed E-state index contributed by atoms with van der Waals surface area (Å²) in [4.78, 5) is 0. The molecule has 0 fully saturated rings. The lowest BCUT2D eigenvalue weighted by atomic mass is 9.87. The first-order valence-electron chi connectivity index (χ1n) is 14.3. The summed E-state index contributed by atoms with van der Waals surface area (Å²) in [6.07, 6.45) is 0. The second-order valence-corrected chi connectivity index (χ2v) is 15.2. The monoisotopic (exact) mass is 570 g/mol. The van der Waals surface area contributed by atoms with Gasteiger partial charge in [-0.15, -0.1) is 0 Å². The Kier molecular flexibility index (Phi) is 6.04. The molecule has 0 aliphatic heterocycles. The Morgan fingerprint density at radius 2 is 0.714 bits per heavy atom. The van der Waals surface area contributed by atoms with Crippen LogP contribution in [0.2, 0.25) is 0 Å². The summed E-state index contributed by atoms with van der Waals surface area (Å²) in [6, 6.07) is 57.1. The molecule has 0 saturated carbocycles. The molecule has 8 aromatic carbocycles. The highest BCUT2D eigenvalue weighted by Gasteiger charge is 2.25. The van der Waals surface area contributed by atoms with E-state index >= 15 is 0 Å². The maximum atomic E-state index is 6.61. The maximum Gasteiger partial charge on any atom is 0.0379 e. The largest absolute Gasteiger partial charge is 0.0826 e. The van der Waals surface area contributed by atoms with Gasteiger partial charge in [0.2, 0.25) is 0 Å². The summed E-state index contributed by atoms with van der Waals surface area (Å²) in [7, 11) is 0. The molecule has 8 rings (SSSR count). The highest BCUT2D eigenvalue weighted by molar-refractivity contribution is 8.25. The molecule has 0 heterocycles. The number of benzene rings is 8. The lowest BCUT2D eigenvalue weighted by Crippen LogP contribution is -2.24. The Labute approximate surface area is 250 Å². The van der Waals surface area contributed by atoms with Crippen LogP contribution in [-0.2, 0) is 11.8 Å². The van der Waals surface area contributed by atoms with Crippen molar-refractivity contribution in [2.75, 3.05) is 0 Å². The fourth-order valence-electron chi connectivity index (χ4n) is 6.58. The zero-order valence-corrected chi connectivity index (χ0v) is 24.7. The van der Waals surface area contributed by atoms with Crippen molar-refractivity contribution in [2.45, 2.75) is 0 Å². The van der Waals surface area contributed by atoms with E-state index in [1.165, 1.54) is 70.1 Å². The van der Waals surface area contributed by atoms with E-state index in [9.17, 15) is 0 Å². The van der Waals surface area contributed by atoms with Crippen molar-refractivity contribution in [2.24, 2.45) is 0 Å². The Morgan fingerprint density at radius 3 is 1.26 bits per heavy atom. The minimum Gasteiger partial charge on any atom is -0.0826 e. The first-order valence-corrected chi connectivity index (χ1v) is 17.1. The van der Waals surface area contributed by atoms with E-state index in [0.717, 1.165) is 0 Å². The fourth-order valence-corrected chi connectivity index (χ4v) is 10.3. The first kappa shape index (κ1) is 25.2. The van der Waals surface area contributed by atoms with Gasteiger partial charge in [0.15, 0.2) is 0 Å². The van der Waals surface area contributed by atoms with Crippen LogP contribution in [0.1, 0.15) is 0 Å². The standard InChI is InChI=1S/C40H27PS/c42-41(29-13-3-1-4-14-29,30-15-5-2-6-16-30)31-25-23-28(24-26-31)38-27-39-34-19-8-7-17-32(34)33-18-9-11-21-36(33)40(39)37-22-12-10-20-35(37)38/h1-27H. The van der Waals surface area contributed by atoms with Gasteiger partial charge in [-0.1, -0.05) is 170 Å². The molecule has 0 spiro atoms. The molecular formula is C40H27PS. The van der Waals surface area contributed by atoms with E-state index in [-0.39, 0.29) is 0 Å². The van der Waals surface area contributed by atoms with Crippen LogP contribution in [0.25, 0.3) is 54.2 Å². The molecular weight excluding hydrogens is 543 g/mol. The van der Waals surface area contributed by atoms with Gasteiger partial charge in [-0.2, -0.15) is 0 Å². The van der Waals surface area contributed by atoms with Crippen LogP contribution in [0, 0.1) is 0 Å². The smallest absolute Gasteiger partial charge is 0.0379 e. The highest BCUT2D eigenvalue weighted by Crippen LogP contribution is 2.45. The lowest BCUT2D eigenvalue weighted by molar-refractivity contribution is 1.69. The second kappa shape index (κ2) is 10.1. The van der Waals surface area contributed by atoms with Gasteiger partial charge >= 0.3 is 0 Å². The van der Waals surface area contributed by atoms with Crippen LogP contribution in [-0.4, -0.2) is 0 Å². The molecule has 0 bridgehead atoms. The predicted molar refractivity (Wildman–Crippen MR) is 188 cm³/mol. The van der Waals surface area contributed by atoms with Crippen molar-refractivity contribution in [3.05, 3.63) is 164 Å². The molecule has 0 aliphatic rings. The van der Waals surface area contributed by atoms with Crippen molar-refractivity contribution in [1.82, 2.24) is 0 Å². The van der Waals surface area contributed by atoms with Crippen molar-refractivity contribution in [1.29, 1.82) is 0 Å². The summed E-state index contributed by atoms with van der Waals surface area (Å²) >= 11 is 6.61. The lowest BCUT2D eigenvalue weighted by Gasteiger charge is -2.24. The molecule has 0 nitrogen and oxygen atoms in total. The average Bonchev–Trinajstić information content (AvgIpc) is 3.08. The minimum atomic E-state index is -2.20. The number of hydrogen-bond donors (Lipinski definition) is 0. The molecule has 198 valence electrons. The third-order valence-corrected chi connectivity index (χ3v) is 13.5. The molecule has 0 aliphatic carbocycles. The molecule has 0 saturated heterocycles. The van der Waals surface area contributed by atoms with Crippen LogP contribution in [0.3, 0.4) is 0 Å². The van der Waals surface area contributed by atoms with Gasteiger partial charge in [0.1, 0.15) is 0 Å².